The maximum Gasteiger partial charge on any atom is 0.355 e. The van der Waals surface area contributed by atoms with Gasteiger partial charge in [0, 0.05) is 25.3 Å². The van der Waals surface area contributed by atoms with E-state index in [9.17, 15) is 9.59 Å². The first kappa shape index (κ1) is 14.3. The third kappa shape index (κ3) is 4.60. The van der Waals surface area contributed by atoms with Crippen molar-refractivity contribution in [1.82, 2.24) is 4.98 Å². The number of nitrogens with zero attached hydrogens (tertiary/aromatic N) is 1. The monoisotopic (exact) mass is 263 g/mol. The smallest absolute Gasteiger partial charge is 0.355 e. The summed E-state index contributed by atoms with van der Waals surface area (Å²) in [6.07, 6.45) is 2.04. The van der Waals surface area contributed by atoms with E-state index in [2.05, 4.69) is 16.8 Å². The van der Waals surface area contributed by atoms with Crippen molar-refractivity contribution in [2.75, 3.05) is 5.75 Å². The summed E-state index contributed by atoms with van der Waals surface area (Å²) in [5.74, 6) is 5.17. The molecule has 5 heteroatoms. The van der Waals surface area contributed by atoms with Gasteiger partial charge in [0.25, 0.3) is 0 Å². The molecular weight excluding hydrogens is 250 g/mol. The molecule has 0 unspecified atom stereocenters. The van der Waals surface area contributed by atoms with Gasteiger partial charge in [0.2, 0.25) is 0 Å². The maximum atomic E-state index is 10.9. The van der Waals surface area contributed by atoms with Crippen LogP contribution in [0.25, 0.3) is 0 Å². The van der Waals surface area contributed by atoms with E-state index < -0.39 is 5.97 Å². The molecule has 1 aromatic rings. The fraction of sp³-hybridized carbons (Fsp3) is 0.308. The van der Waals surface area contributed by atoms with Crippen LogP contribution in [0.3, 0.4) is 0 Å². The van der Waals surface area contributed by atoms with E-state index >= 15 is 0 Å². The summed E-state index contributed by atoms with van der Waals surface area (Å²) in [4.78, 5) is 25.5. The van der Waals surface area contributed by atoms with Crippen LogP contribution in [0.5, 0.6) is 0 Å². The Morgan fingerprint density at radius 3 is 2.83 bits per heavy atom. The predicted molar refractivity (Wildman–Crippen MR) is 70.6 cm³/mol. The lowest BCUT2D eigenvalue weighted by Crippen LogP contribution is -2.03. The summed E-state index contributed by atoms with van der Waals surface area (Å²) in [6, 6.07) is 1.70. The number of hydrogen-bond donors (Lipinski definition) is 1. The highest BCUT2D eigenvalue weighted by molar-refractivity contribution is 8.13. The van der Waals surface area contributed by atoms with Crippen LogP contribution < -0.4 is 0 Å². The van der Waals surface area contributed by atoms with Crippen molar-refractivity contribution < 1.29 is 14.7 Å². The second-order valence-electron chi connectivity index (χ2n) is 3.61. The van der Waals surface area contributed by atoms with Crippen molar-refractivity contribution >= 4 is 22.8 Å². The van der Waals surface area contributed by atoms with Crippen LogP contribution in [0, 0.1) is 18.8 Å². The number of carboxylic acid groups (broad SMARTS) is 1. The molecule has 1 rings (SSSR count). The van der Waals surface area contributed by atoms with Crippen LogP contribution >= 0.6 is 11.8 Å². The predicted octanol–water partition coefficient (Wildman–Crippen LogP) is 2.11. The first-order valence-electron chi connectivity index (χ1n) is 5.33. The van der Waals surface area contributed by atoms with Crippen molar-refractivity contribution in [3.63, 3.8) is 0 Å². The third-order valence-electron chi connectivity index (χ3n) is 1.98. The number of pyridine rings is 1. The number of hydrogen-bond acceptors (Lipinski definition) is 4. The third-order valence-corrected chi connectivity index (χ3v) is 2.80. The average molecular weight is 263 g/mol. The van der Waals surface area contributed by atoms with Gasteiger partial charge in [-0.25, -0.2) is 9.78 Å². The Morgan fingerprint density at radius 2 is 2.22 bits per heavy atom. The normalized spacial score (nSPS) is 9.44. The van der Waals surface area contributed by atoms with Crippen molar-refractivity contribution in [2.45, 2.75) is 20.3 Å². The molecule has 1 N–H and O–H groups in total. The first-order valence-corrected chi connectivity index (χ1v) is 6.31. The topological polar surface area (TPSA) is 67.3 Å². The average Bonchev–Trinajstić information content (AvgIpc) is 2.27. The highest BCUT2D eigenvalue weighted by atomic mass is 32.2. The van der Waals surface area contributed by atoms with Crippen molar-refractivity contribution in [2.24, 2.45) is 0 Å². The molecule has 0 aliphatic rings. The fourth-order valence-corrected chi connectivity index (χ4v) is 1.73. The summed E-state index contributed by atoms with van der Waals surface area (Å²) in [5, 5.41) is 9.01. The molecule has 1 aromatic heterocycles. The molecule has 0 saturated heterocycles. The number of carboxylic acids is 1. The zero-order valence-corrected chi connectivity index (χ0v) is 11.0. The molecule has 0 aromatic carbocycles. The Morgan fingerprint density at radius 1 is 1.50 bits per heavy atom. The molecule has 94 valence electrons. The zero-order valence-electron chi connectivity index (χ0n) is 10.2. The minimum atomic E-state index is -1.09. The largest absolute Gasteiger partial charge is 0.476 e. The van der Waals surface area contributed by atoms with E-state index in [1.54, 1.807) is 6.07 Å². The number of aromatic nitrogens is 1. The summed E-state index contributed by atoms with van der Waals surface area (Å²) in [7, 11) is 0. The molecule has 1 heterocycles. The van der Waals surface area contributed by atoms with Gasteiger partial charge < -0.3 is 5.11 Å². The van der Waals surface area contributed by atoms with Gasteiger partial charge in [0.1, 0.15) is 0 Å². The number of carbonyl (C=O) groups excluding carboxylic acids is 1. The van der Waals surface area contributed by atoms with E-state index in [1.807, 2.05) is 6.92 Å². The molecular formula is C13H13NO3S. The molecule has 0 saturated carbocycles. The number of carbonyl (C=O) groups is 2. The fourth-order valence-electron chi connectivity index (χ4n) is 1.24. The van der Waals surface area contributed by atoms with Crippen molar-refractivity contribution in [3.05, 3.63) is 29.1 Å². The van der Waals surface area contributed by atoms with Crippen molar-refractivity contribution in [1.29, 1.82) is 0 Å². The van der Waals surface area contributed by atoms with Gasteiger partial charge in [-0.3, -0.25) is 4.79 Å². The molecule has 0 amide bonds. The lowest BCUT2D eigenvalue weighted by molar-refractivity contribution is -0.109. The Labute approximate surface area is 110 Å². The molecule has 4 nitrogen and oxygen atoms in total. The second kappa shape index (κ2) is 6.82. The highest BCUT2D eigenvalue weighted by Gasteiger charge is 2.09. The van der Waals surface area contributed by atoms with Crippen molar-refractivity contribution in [3.8, 4) is 11.8 Å². The maximum absolute atomic E-state index is 10.9. The Kier molecular flexibility index (Phi) is 5.40. The molecule has 0 aliphatic carbocycles. The minimum absolute atomic E-state index is 0.0349. The number of aromatic carboxylic acids is 1. The molecule has 18 heavy (non-hydrogen) atoms. The van der Waals surface area contributed by atoms with Gasteiger partial charge in [-0.2, -0.15) is 0 Å². The van der Waals surface area contributed by atoms with E-state index in [-0.39, 0.29) is 10.8 Å². The molecule has 0 bridgehead atoms. The Balaban J connectivity index is 2.77. The summed E-state index contributed by atoms with van der Waals surface area (Å²) >= 11 is 1.21. The van der Waals surface area contributed by atoms with E-state index in [1.165, 1.54) is 24.9 Å². The van der Waals surface area contributed by atoms with Gasteiger partial charge in [0.05, 0.1) is 5.56 Å². The van der Waals surface area contributed by atoms with Crippen LogP contribution in [0.4, 0.5) is 0 Å². The first-order chi connectivity index (χ1) is 8.50. The number of aryl methyl sites for hydroxylation is 1. The van der Waals surface area contributed by atoms with Gasteiger partial charge in [-0.15, -0.1) is 0 Å². The van der Waals surface area contributed by atoms with Crippen LogP contribution in [0.2, 0.25) is 0 Å². The molecule has 0 radical (unpaired) electrons. The quantitative estimate of drug-likeness (QED) is 0.668. The molecule has 0 aliphatic heterocycles. The van der Waals surface area contributed by atoms with Crippen LogP contribution in [-0.2, 0) is 4.79 Å². The number of thioether (sulfide) groups is 1. The number of rotatable bonds is 3. The van der Waals surface area contributed by atoms with E-state index in [0.717, 1.165) is 5.56 Å². The van der Waals surface area contributed by atoms with Gasteiger partial charge in [-0.1, -0.05) is 23.6 Å². The zero-order chi connectivity index (χ0) is 13.5. The Hall–Kier alpha value is -1.80. The SMILES string of the molecule is CC(=O)SCCC#Cc1cc(C)cnc1C(=O)O. The lowest BCUT2D eigenvalue weighted by atomic mass is 10.1. The van der Waals surface area contributed by atoms with Crippen LogP contribution in [-0.4, -0.2) is 26.9 Å². The summed E-state index contributed by atoms with van der Waals surface area (Å²) in [5.41, 5.74) is 1.24. The summed E-state index contributed by atoms with van der Waals surface area (Å²) in [6.45, 7) is 3.33. The molecule has 0 atom stereocenters. The summed E-state index contributed by atoms with van der Waals surface area (Å²) < 4.78 is 0. The molecule has 0 spiro atoms. The van der Waals surface area contributed by atoms with Crippen LogP contribution in [0.15, 0.2) is 12.3 Å². The van der Waals surface area contributed by atoms with Crippen LogP contribution in [0.1, 0.15) is 35.0 Å². The Bertz CT molecular complexity index is 529. The molecule has 0 fully saturated rings. The standard InChI is InChI=1S/C13H13NO3S/c1-9-7-11(12(13(16)17)14-8-9)5-3-4-6-18-10(2)15/h7-8H,4,6H2,1-2H3,(H,16,17). The van der Waals surface area contributed by atoms with E-state index in [4.69, 9.17) is 5.11 Å². The lowest BCUT2D eigenvalue weighted by Gasteiger charge is -1.99. The second-order valence-corrected chi connectivity index (χ2v) is 4.88. The van der Waals surface area contributed by atoms with E-state index in [0.29, 0.717) is 17.7 Å². The highest BCUT2D eigenvalue weighted by Crippen LogP contribution is 2.08. The minimum Gasteiger partial charge on any atom is -0.476 e. The van der Waals surface area contributed by atoms with Gasteiger partial charge in [0.15, 0.2) is 10.8 Å². The van der Waals surface area contributed by atoms with Gasteiger partial charge in [-0.05, 0) is 18.6 Å². The van der Waals surface area contributed by atoms with Gasteiger partial charge >= 0.3 is 5.97 Å².